The van der Waals surface area contributed by atoms with Crippen LogP contribution in [0.1, 0.15) is 32.8 Å². The quantitative estimate of drug-likeness (QED) is 0.753. The van der Waals surface area contributed by atoms with E-state index in [1.165, 1.54) is 5.56 Å². The highest BCUT2D eigenvalue weighted by Gasteiger charge is 2.16. The third-order valence-electron chi connectivity index (χ3n) is 3.78. The normalized spacial score (nSPS) is 14.8. The second-order valence-electron chi connectivity index (χ2n) is 6.44. The Kier molecular flexibility index (Phi) is 3.66. The molecule has 0 amide bonds. The Morgan fingerprint density at radius 1 is 1.19 bits per heavy atom. The number of rotatable bonds is 1. The van der Waals surface area contributed by atoms with Gasteiger partial charge in [-0.3, -0.25) is 9.36 Å². The van der Waals surface area contributed by atoms with Gasteiger partial charge >= 0.3 is 0 Å². The standard InChI is InChI=1S/C17H20N2OS/c1-17(2,3)13-7-5-12(6-8-13)14-11-15(20)19-9-4-10-21-16(19)18-14/h5-8,11H,4,9-10H2,1-3H3. The number of aromatic nitrogens is 2. The number of fused-ring (bicyclic) bond motifs is 1. The molecule has 0 atom stereocenters. The topological polar surface area (TPSA) is 34.9 Å². The Bertz CT molecular complexity index is 711. The molecule has 0 N–H and O–H groups in total. The molecular formula is C17H20N2OS. The van der Waals surface area contributed by atoms with Crippen LogP contribution in [0.4, 0.5) is 0 Å². The third-order valence-corrected chi connectivity index (χ3v) is 4.84. The molecule has 3 rings (SSSR count). The summed E-state index contributed by atoms with van der Waals surface area (Å²) >= 11 is 1.67. The fraction of sp³-hybridized carbons (Fsp3) is 0.412. The van der Waals surface area contributed by atoms with Gasteiger partial charge in [0.1, 0.15) is 0 Å². The molecule has 3 nitrogen and oxygen atoms in total. The average Bonchev–Trinajstić information content (AvgIpc) is 2.46. The fourth-order valence-corrected chi connectivity index (χ4v) is 3.43. The van der Waals surface area contributed by atoms with Gasteiger partial charge in [0.2, 0.25) is 0 Å². The Morgan fingerprint density at radius 2 is 1.90 bits per heavy atom. The first kappa shape index (κ1) is 14.4. The summed E-state index contributed by atoms with van der Waals surface area (Å²) < 4.78 is 1.78. The summed E-state index contributed by atoms with van der Waals surface area (Å²) in [5, 5.41) is 0.851. The van der Waals surface area contributed by atoms with E-state index >= 15 is 0 Å². The maximum absolute atomic E-state index is 12.2. The fourth-order valence-electron chi connectivity index (χ4n) is 2.48. The second-order valence-corrected chi connectivity index (χ2v) is 7.51. The van der Waals surface area contributed by atoms with Gasteiger partial charge in [-0.05, 0) is 17.4 Å². The summed E-state index contributed by atoms with van der Waals surface area (Å²) in [5.74, 6) is 1.04. The van der Waals surface area contributed by atoms with Crippen LogP contribution in [0.2, 0.25) is 0 Å². The highest BCUT2D eigenvalue weighted by atomic mass is 32.2. The van der Waals surface area contributed by atoms with Gasteiger partial charge in [-0.1, -0.05) is 56.8 Å². The maximum atomic E-state index is 12.2. The molecule has 2 heterocycles. The number of hydrogen-bond acceptors (Lipinski definition) is 3. The van der Waals surface area contributed by atoms with Crippen LogP contribution in [0.5, 0.6) is 0 Å². The van der Waals surface area contributed by atoms with Crippen LogP contribution in [-0.2, 0) is 12.0 Å². The van der Waals surface area contributed by atoms with Crippen molar-refractivity contribution >= 4 is 11.8 Å². The molecule has 0 saturated carbocycles. The van der Waals surface area contributed by atoms with E-state index in [0.717, 1.165) is 35.1 Å². The predicted molar refractivity (Wildman–Crippen MR) is 88.0 cm³/mol. The lowest BCUT2D eigenvalue weighted by molar-refractivity contribution is 0.564. The van der Waals surface area contributed by atoms with Crippen molar-refractivity contribution in [2.24, 2.45) is 0 Å². The van der Waals surface area contributed by atoms with Crippen molar-refractivity contribution in [2.75, 3.05) is 5.75 Å². The molecule has 4 heteroatoms. The van der Waals surface area contributed by atoms with Gasteiger partial charge in [0.15, 0.2) is 5.16 Å². The van der Waals surface area contributed by atoms with Crippen LogP contribution in [0, 0.1) is 0 Å². The number of benzene rings is 1. The minimum atomic E-state index is 0.0575. The zero-order valence-electron chi connectivity index (χ0n) is 12.7. The van der Waals surface area contributed by atoms with E-state index in [9.17, 15) is 4.79 Å². The number of hydrogen-bond donors (Lipinski definition) is 0. The van der Waals surface area contributed by atoms with E-state index in [4.69, 9.17) is 0 Å². The first-order valence-corrected chi connectivity index (χ1v) is 8.29. The molecule has 1 aromatic carbocycles. The van der Waals surface area contributed by atoms with E-state index in [1.807, 2.05) is 0 Å². The smallest absolute Gasteiger partial charge is 0.254 e. The molecular weight excluding hydrogens is 280 g/mol. The molecule has 0 saturated heterocycles. The van der Waals surface area contributed by atoms with Crippen molar-refractivity contribution < 1.29 is 0 Å². The largest absolute Gasteiger partial charge is 0.288 e. The van der Waals surface area contributed by atoms with E-state index in [2.05, 4.69) is 50.0 Å². The molecule has 0 aliphatic carbocycles. The van der Waals surface area contributed by atoms with Gasteiger partial charge < -0.3 is 0 Å². The van der Waals surface area contributed by atoms with E-state index < -0.39 is 0 Å². The summed E-state index contributed by atoms with van der Waals surface area (Å²) in [6.45, 7) is 7.38. The molecule has 110 valence electrons. The van der Waals surface area contributed by atoms with E-state index in [0.29, 0.717) is 0 Å². The average molecular weight is 300 g/mol. The first-order valence-electron chi connectivity index (χ1n) is 7.31. The van der Waals surface area contributed by atoms with Crippen molar-refractivity contribution in [1.82, 2.24) is 9.55 Å². The molecule has 0 radical (unpaired) electrons. The van der Waals surface area contributed by atoms with Crippen LogP contribution < -0.4 is 5.56 Å². The van der Waals surface area contributed by atoms with Crippen molar-refractivity contribution in [3.63, 3.8) is 0 Å². The zero-order chi connectivity index (χ0) is 15.0. The van der Waals surface area contributed by atoms with Crippen molar-refractivity contribution in [3.05, 3.63) is 46.2 Å². The first-order chi connectivity index (χ1) is 9.95. The molecule has 1 aromatic heterocycles. The van der Waals surface area contributed by atoms with Crippen LogP contribution in [0.25, 0.3) is 11.3 Å². The molecule has 21 heavy (non-hydrogen) atoms. The Hall–Kier alpha value is -1.55. The summed E-state index contributed by atoms with van der Waals surface area (Å²) in [6, 6.07) is 10.0. The molecule has 0 unspecified atom stereocenters. The second kappa shape index (κ2) is 5.34. The Balaban J connectivity index is 2.01. The van der Waals surface area contributed by atoms with Crippen LogP contribution >= 0.6 is 11.8 Å². The SMILES string of the molecule is CC(C)(C)c1ccc(-c2cc(=O)n3c(n2)SCCC3)cc1. The van der Waals surface area contributed by atoms with E-state index in [1.54, 1.807) is 22.4 Å². The third kappa shape index (κ3) is 2.91. The van der Waals surface area contributed by atoms with E-state index in [-0.39, 0.29) is 11.0 Å². The van der Waals surface area contributed by atoms with Gasteiger partial charge in [-0.2, -0.15) is 0 Å². The van der Waals surface area contributed by atoms with Crippen molar-refractivity contribution in [2.45, 2.75) is 44.3 Å². The highest BCUT2D eigenvalue weighted by Crippen LogP contribution is 2.27. The Labute approximate surface area is 129 Å². The summed E-state index contributed by atoms with van der Waals surface area (Å²) in [5.41, 5.74) is 3.27. The minimum Gasteiger partial charge on any atom is -0.288 e. The van der Waals surface area contributed by atoms with Gasteiger partial charge in [0.25, 0.3) is 5.56 Å². The molecule has 1 aliphatic rings. The highest BCUT2D eigenvalue weighted by molar-refractivity contribution is 7.99. The lowest BCUT2D eigenvalue weighted by Crippen LogP contribution is -2.25. The van der Waals surface area contributed by atoms with Crippen LogP contribution in [0.3, 0.4) is 0 Å². The molecule has 2 aromatic rings. The Morgan fingerprint density at radius 3 is 2.57 bits per heavy atom. The summed E-state index contributed by atoms with van der Waals surface area (Å²) in [6.07, 6.45) is 1.04. The maximum Gasteiger partial charge on any atom is 0.254 e. The zero-order valence-corrected chi connectivity index (χ0v) is 13.5. The van der Waals surface area contributed by atoms with Gasteiger partial charge in [-0.15, -0.1) is 0 Å². The number of nitrogens with zero attached hydrogens (tertiary/aromatic N) is 2. The number of thioether (sulfide) groups is 1. The van der Waals surface area contributed by atoms with Gasteiger partial charge in [0.05, 0.1) is 5.69 Å². The van der Waals surface area contributed by atoms with Crippen LogP contribution in [0.15, 0.2) is 40.3 Å². The molecule has 0 fully saturated rings. The lowest BCUT2D eigenvalue weighted by Gasteiger charge is -2.19. The molecule has 0 bridgehead atoms. The molecule has 0 spiro atoms. The summed E-state index contributed by atoms with van der Waals surface area (Å²) in [4.78, 5) is 16.9. The van der Waals surface area contributed by atoms with Crippen LogP contribution in [-0.4, -0.2) is 15.3 Å². The van der Waals surface area contributed by atoms with Crippen molar-refractivity contribution in [3.8, 4) is 11.3 Å². The monoisotopic (exact) mass is 300 g/mol. The summed E-state index contributed by atoms with van der Waals surface area (Å²) in [7, 11) is 0. The predicted octanol–water partition coefficient (Wildman–Crippen LogP) is 3.70. The lowest BCUT2D eigenvalue weighted by atomic mass is 9.86. The molecule has 1 aliphatic heterocycles. The van der Waals surface area contributed by atoms with Gasteiger partial charge in [0, 0.05) is 23.9 Å². The van der Waals surface area contributed by atoms with Crippen molar-refractivity contribution in [1.29, 1.82) is 0 Å². The van der Waals surface area contributed by atoms with Gasteiger partial charge in [-0.25, -0.2) is 4.98 Å². The minimum absolute atomic E-state index is 0.0575.